The Kier molecular flexibility index (Phi) is 7.55. The highest BCUT2D eigenvalue weighted by Crippen LogP contribution is 2.34. The van der Waals surface area contributed by atoms with Gasteiger partial charge in [0.1, 0.15) is 0 Å². The van der Waals surface area contributed by atoms with E-state index in [4.69, 9.17) is 5.73 Å². The van der Waals surface area contributed by atoms with Gasteiger partial charge in [0, 0.05) is 42.3 Å². The van der Waals surface area contributed by atoms with Crippen LogP contribution < -0.4 is 21.7 Å². The molecule has 2 aromatic rings. The van der Waals surface area contributed by atoms with E-state index < -0.39 is 6.03 Å². The molecule has 1 aliphatic heterocycles. The first kappa shape index (κ1) is 24.1. The SMILES string of the molecule is CCN(CC)CCNC(=O)c1c(C)[nH]c(/C=C2\C(=O)Nc3ccc(CNC(N)=O)cc32)c1C. The van der Waals surface area contributed by atoms with Crippen LogP contribution in [0.3, 0.4) is 0 Å². The van der Waals surface area contributed by atoms with E-state index in [-0.39, 0.29) is 18.4 Å². The smallest absolute Gasteiger partial charge is 0.312 e. The maximum absolute atomic E-state index is 12.8. The number of urea groups is 1. The first-order chi connectivity index (χ1) is 15.7. The van der Waals surface area contributed by atoms with E-state index in [0.29, 0.717) is 29.1 Å². The van der Waals surface area contributed by atoms with Gasteiger partial charge in [-0.2, -0.15) is 0 Å². The van der Waals surface area contributed by atoms with Gasteiger partial charge >= 0.3 is 6.03 Å². The maximum atomic E-state index is 12.8. The molecule has 1 aromatic heterocycles. The second kappa shape index (κ2) is 10.4. The number of carbonyl (C=O) groups is 3. The summed E-state index contributed by atoms with van der Waals surface area (Å²) < 4.78 is 0. The predicted octanol–water partition coefficient (Wildman–Crippen LogP) is 2.36. The van der Waals surface area contributed by atoms with Crippen LogP contribution in [0.15, 0.2) is 18.2 Å². The lowest BCUT2D eigenvalue weighted by atomic mass is 10.0. The van der Waals surface area contributed by atoms with Crippen molar-refractivity contribution >= 4 is 35.2 Å². The summed E-state index contributed by atoms with van der Waals surface area (Å²) in [6, 6.07) is 4.86. The van der Waals surface area contributed by atoms with Gasteiger partial charge in [-0.3, -0.25) is 9.59 Å². The number of nitrogens with one attached hydrogen (secondary N) is 4. The van der Waals surface area contributed by atoms with Gasteiger partial charge < -0.3 is 31.6 Å². The van der Waals surface area contributed by atoms with Crippen LogP contribution in [-0.2, 0) is 11.3 Å². The van der Waals surface area contributed by atoms with E-state index in [2.05, 4.69) is 39.7 Å². The third-order valence-electron chi connectivity index (χ3n) is 5.93. The van der Waals surface area contributed by atoms with Crippen molar-refractivity contribution in [2.75, 3.05) is 31.5 Å². The Morgan fingerprint density at radius 2 is 1.88 bits per heavy atom. The van der Waals surface area contributed by atoms with E-state index in [0.717, 1.165) is 42.0 Å². The number of fused-ring (bicyclic) bond motifs is 1. The van der Waals surface area contributed by atoms with Crippen molar-refractivity contribution in [1.29, 1.82) is 0 Å². The molecule has 0 saturated carbocycles. The topological polar surface area (TPSA) is 132 Å². The Balaban J connectivity index is 1.83. The second-order valence-electron chi connectivity index (χ2n) is 8.06. The molecule has 6 N–H and O–H groups in total. The summed E-state index contributed by atoms with van der Waals surface area (Å²) >= 11 is 0. The number of carbonyl (C=O) groups excluding carboxylic acids is 3. The van der Waals surface area contributed by atoms with Gasteiger partial charge in [0.25, 0.3) is 11.8 Å². The van der Waals surface area contributed by atoms with Crippen molar-refractivity contribution in [2.24, 2.45) is 5.73 Å². The Labute approximate surface area is 193 Å². The molecule has 0 radical (unpaired) electrons. The minimum atomic E-state index is -0.610. The van der Waals surface area contributed by atoms with Crippen LogP contribution in [0.5, 0.6) is 0 Å². The zero-order valence-corrected chi connectivity index (χ0v) is 19.6. The van der Waals surface area contributed by atoms with Crippen molar-refractivity contribution < 1.29 is 14.4 Å². The standard InChI is InChI=1S/C24H32N6O3/c1-5-30(6-2)10-9-26-23(32)21-14(3)20(28-15(21)4)12-18-17-11-16(13-27-24(25)33)7-8-19(17)29-22(18)31/h7-8,11-12,28H,5-6,9-10,13H2,1-4H3,(H,26,32)(H,29,31)(H3,25,27,33)/b18-12-. The number of H-pyrrole nitrogens is 1. The molecule has 0 atom stereocenters. The molecule has 176 valence electrons. The molecule has 9 nitrogen and oxygen atoms in total. The molecule has 1 aliphatic rings. The lowest BCUT2D eigenvalue weighted by molar-refractivity contribution is -0.110. The minimum Gasteiger partial charge on any atom is -0.358 e. The lowest BCUT2D eigenvalue weighted by Crippen LogP contribution is -2.35. The quantitative estimate of drug-likeness (QED) is 0.374. The van der Waals surface area contributed by atoms with Gasteiger partial charge in [0.2, 0.25) is 0 Å². The molecule has 0 fully saturated rings. The Morgan fingerprint density at radius 1 is 1.15 bits per heavy atom. The first-order valence-electron chi connectivity index (χ1n) is 11.1. The average Bonchev–Trinajstić information content (AvgIpc) is 3.24. The molecule has 0 saturated heterocycles. The average molecular weight is 453 g/mol. The normalized spacial score (nSPS) is 13.8. The van der Waals surface area contributed by atoms with E-state index in [1.165, 1.54) is 0 Å². The third kappa shape index (κ3) is 5.43. The van der Waals surface area contributed by atoms with Crippen LogP contribution >= 0.6 is 0 Å². The lowest BCUT2D eigenvalue weighted by Gasteiger charge is -2.18. The van der Waals surface area contributed by atoms with Gasteiger partial charge in [-0.15, -0.1) is 0 Å². The highest BCUT2D eigenvalue weighted by Gasteiger charge is 2.26. The van der Waals surface area contributed by atoms with Crippen molar-refractivity contribution in [3.05, 3.63) is 51.8 Å². The summed E-state index contributed by atoms with van der Waals surface area (Å²) in [4.78, 5) is 42.0. The van der Waals surface area contributed by atoms with E-state index in [9.17, 15) is 14.4 Å². The predicted molar refractivity (Wildman–Crippen MR) is 130 cm³/mol. The molecule has 2 heterocycles. The van der Waals surface area contributed by atoms with Crippen molar-refractivity contribution in [3.8, 4) is 0 Å². The van der Waals surface area contributed by atoms with Crippen molar-refractivity contribution in [1.82, 2.24) is 20.5 Å². The minimum absolute atomic E-state index is 0.130. The fraction of sp³-hybridized carbons (Fsp3) is 0.375. The van der Waals surface area contributed by atoms with Crippen LogP contribution in [0.4, 0.5) is 10.5 Å². The number of benzene rings is 1. The molecular weight excluding hydrogens is 420 g/mol. The monoisotopic (exact) mass is 452 g/mol. The van der Waals surface area contributed by atoms with E-state index in [1.807, 2.05) is 26.0 Å². The molecule has 1 aromatic carbocycles. The van der Waals surface area contributed by atoms with Gasteiger partial charge in [-0.05, 0) is 56.3 Å². The van der Waals surface area contributed by atoms with Crippen molar-refractivity contribution in [2.45, 2.75) is 34.2 Å². The third-order valence-corrected chi connectivity index (χ3v) is 5.93. The summed E-state index contributed by atoms with van der Waals surface area (Å²) in [5, 5.41) is 8.40. The number of nitrogens with zero attached hydrogens (tertiary/aromatic N) is 1. The molecule has 3 rings (SSSR count). The molecule has 33 heavy (non-hydrogen) atoms. The summed E-state index contributed by atoms with van der Waals surface area (Å²) in [5.41, 5.74) is 10.7. The molecule has 0 bridgehead atoms. The number of hydrogen-bond acceptors (Lipinski definition) is 4. The Morgan fingerprint density at radius 3 is 2.55 bits per heavy atom. The largest absolute Gasteiger partial charge is 0.358 e. The number of aryl methyl sites for hydroxylation is 1. The van der Waals surface area contributed by atoms with E-state index >= 15 is 0 Å². The van der Waals surface area contributed by atoms with Crippen LogP contribution in [-0.4, -0.2) is 53.9 Å². The Hall–Kier alpha value is -3.59. The van der Waals surface area contributed by atoms with E-state index in [1.54, 1.807) is 12.1 Å². The molecule has 0 unspecified atom stereocenters. The number of anilines is 1. The number of amides is 4. The van der Waals surface area contributed by atoms with Gasteiger partial charge in [-0.25, -0.2) is 4.79 Å². The molecule has 4 amide bonds. The Bertz CT molecular complexity index is 1100. The highest BCUT2D eigenvalue weighted by molar-refractivity contribution is 6.35. The molecule has 0 spiro atoms. The fourth-order valence-electron chi connectivity index (χ4n) is 4.04. The van der Waals surface area contributed by atoms with Gasteiger partial charge in [0.15, 0.2) is 0 Å². The molecule has 9 heteroatoms. The summed E-state index contributed by atoms with van der Waals surface area (Å²) in [6.45, 7) is 11.4. The van der Waals surface area contributed by atoms with Crippen LogP contribution in [0.2, 0.25) is 0 Å². The van der Waals surface area contributed by atoms with Gasteiger partial charge in [0.05, 0.1) is 11.1 Å². The summed E-state index contributed by atoms with van der Waals surface area (Å²) in [7, 11) is 0. The van der Waals surface area contributed by atoms with Gasteiger partial charge in [-0.1, -0.05) is 19.9 Å². The van der Waals surface area contributed by atoms with Crippen molar-refractivity contribution in [3.63, 3.8) is 0 Å². The van der Waals surface area contributed by atoms with Crippen LogP contribution in [0, 0.1) is 13.8 Å². The first-order valence-corrected chi connectivity index (χ1v) is 11.1. The fourth-order valence-corrected chi connectivity index (χ4v) is 4.04. The number of hydrogen-bond donors (Lipinski definition) is 5. The number of likely N-dealkylation sites (N-methyl/N-ethyl adjacent to an activating group) is 1. The maximum Gasteiger partial charge on any atom is 0.312 e. The molecular formula is C24H32N6O3. The second-order valence-corrected chi connectivity index (χ2v) is 8.06. The van der Waals surface area contributed by atoms with Crippen LogP contribution in [0.25, 0.3) is 11.6 Å². The number of nitrogens with two attached hydrogens (primary N) is 1. The summed E-state index contributed by atoms with van der Waals surface area (Å²) in [6.07, 6.45) is 1.77. The number of primary amides is 1. The zero-order valence-electron chi connectivity index (χ0n) is 19.6. The number of rotatable bonds is 9. The number of aromatic amines is 1. The summed E-state index contributed by atoms with van der Waals surface area (Å²) in [5.74, 6) is -0.351. The van der Waals surface area contributed by atoms with Crippen LogP contribution in [0.1, 0.15) is 52.3 Å². The highest BCUT2D eigenvalue weighted by atomic mass is 16.2. The zero-order chi connectivity index (χ0) is 24.1. The molecule has 0 aliphatic carbocycles. The number of aromatic nitrogens is 1.